The molecule has 1 N–H and O–H groups in total. The third-order valence-corrected chi connectivity index (χ3v) is 3.47. The molecule has 7 heteroatoms. The van der Waals surface area contributed by atoms with E-state index in [-0.39, 0.29) is 44.9 Å². The molecule has 1 heterocycles. The monoisotopic (exact) mass is 291 g/mol. The minimum Gasteiger partial charge on any atom is -0.341 e. The number of nitrogens with zero attached hydrogens (tertiary/aromatic N) is 2. The lowest BCUT2D eigenvalue weighted by molar-refractivity contribution is -0.222. The summed E-state index contributed by atoms with van der Waals surface area (Å²) in [6, 6.07) is 1.88. The SMILES string of the molecule is CC(C)CN(CCC#N)C(=O)C1(C(F)(F)F)CCNC1. The second-order valence-corrected chi connectivity index (χ2v) is 5.56. The fourth-order valence-electron chi connectivity index (χ4n) is 2.44. The van der Waals surface area contributed by atoms with Crippen LogP contribution in [0.1, 0.15) is 26.7 Å². The number of carbonyl (C=O) groups is 1. The van der Waals surface area contributed by atoms with Crippen LogP contribution in [0.5, 0.6) is 0 Å². The van der Waals surface area contributed by atoms with Gasteiger partial charge in [0.2, 0.25) is 5.91 Å². The minimum atomic E-state index is -4.57. The number of amides is 1. The normalized spacial score (nSPS) is 22.9. The van der Waals surface area contributed by atoms with Crippen LogP contribution in [-0.4, -0.2) is 43.2 Å². The van der Waals surface area contributed by atoms with E-state index in [0.717, 1.165) is 0 Å². The van der Waals surface area contributed by atoms with Gasteiger partial charge in [-0.15, -0.1) is 0 Å². The van der Waals surface area contributed by atoms with E-state index in [1.165, 1.54) is 4.90 Å². The first-order valence-electron chi connectivity index (χ1n) is 6.68. The molecule has 20 heavy (non-hydrogen) atoms. The molecule has 1 saturated heterocycles. The van der Waals surface area contributed by atoms with Gasteiger partial charge < -0.3 is 10.2 Å². The van der Waals surface area contributed by atoms with Crippen molar-refractivity contribution in [3.63, 3.8) is 0 Å². The second kappa shape index (κ2) is 6.44. The van der Waals surface area contributed by atoms with Crippen molar-refractivity contribution in [2.24, 2.45) is 11.3 Å². The van der Waals surface area contributed by atoms with Gasteiger partial charge in [0, 0.05) is 19.6 Å². The maximum Gasteiger partial charge on any atom is 0.404 e. The summed E-state index contributed by atoms with van der Waals surface area (Å²) in [6.07, 6.45) is -4.77. The fourth-order valence-corrected chi connectivity index (χ4v) is 2.44. The molecule has 0 aromatic rings. The standard InChI is InChI=1S/C13H20F3N3O/c1-10(2)8-19(7-3-5-17)11(20)12(13(14,15)16)4-6-18-9-12/h10,18H,3-4,6-9H2,1-2H3. The predicted molar refractivity (Wildman–Crippen MR) is 67.6 cm³/mol. The zero-order valence-electron chi connectivity index (χ0n) is 11.8. The summed E-state index contributed by atoms with van der Waals surface area (Å²) in [5.74, 6) is -0.851. The third-order valence-electron chi connectivity index (χ3n) is 3.47. The molecule has 1 aliphatic rings. The Morgan fingerprint density at radius 3 is 2.55 bits per heavy atom. The van der Waals surface area contributed by atoms with Gasteiger partial charge in [-0.2, -0.15) is 18.4 Å². The molecule has 0 aromatic heterocycles. The first-order valence-corrected chi connectivity index (χ1v) is 6.68. The Kier molecular flexibility index (Phi) is 5.40. The quantitative estimate of drug-likeness (QED) is 0.842. The smallest absolute Gasteiger partial charge is 0.341 e. The van der Waals surface area contributed by atoms with E-state index in [2.05, 4.69) is 5.32 Å². The number of halogens is 3. The average molecular weight is 291 g/mol. The van der Waals surface area contributed by atoms with Gasteiger partial charge in [0.15, 0.2) is 5.41 Å². The van der Waals surface area contributed by atoms with Crippen LogP contribution in [0.2, 0.25) is 0 Å². The summed E-state index contributed by atoms with van der Waals surface area (Å²) >= 11 is 0. The zero-order valence-corrected chi connectivity index (χ0v) is 11.8. The van der Waals surface area contributed by atoms with Crippen molar-refractivity contribution in [1.29, 1.82) is 5.26 Å². The van der Waals surface area contributed by atoms with Crippen molar-refractivity contribution in [3.8, 4) is 6.07 Å². The van der Waals surface area contributed by atoms with Crippen LogP contribution >= 0.6 is 0 Å². The first kappa shape index (κ1) is 16.8. The third kappa shape index (κ3) is 3.42. The number of rotatable bonds is 5. The molecule has 0 radical (unpaired) electrons. The Balaban J connectivity index is 2.98. The Hall–Kier alpha value is -1.29. The van der Waals surface area contributed by atoms with Crippen LogP contribution in [0.15, 0.2) is 0 Å². The lowest BCUT2D eigenvalue weighted by Gasteiger charge is -2.35. The number of carbonyl (C=O) groups excluding carboxylic acids is 1. The molecule has 1 aliphatic heterocycles. The number of nitrogens with one attached hydrogen (secondary N) is 1. The topological polar surface area (TPSA) is 56.1 Å². The van der Waals surface area contributed by atoms with E-state index in [9.17, 15) is 18.0 Å². The maximum absolute atomic E-state index is 13.3. The van der Waals surface area contributed by atoms with Crippen LogP contribution in [0.25, 0.3) is 0 Å². The van der Waals surface area contributed by atoms with Crippen LogP contribution in [-0.2, 0) is 4.79 Å². The van der Waals surface area contributed by atoms with Gasteiger partial charge in [-0.3, -0.25) is 4.79 Å². The molecular weight excluding hydrogens is 271 g/mol. The van der Waals surface area contributed by atoms with Crippen molar-refractivity contribution in [2.45, 2.75) is 32.9 Å². The average Bonchev–Trinajstić information content (AvgIpc) is 2.83. The van der Waals surface area contributed by atoms with E-state index in [0.29, 0.717) is 0 Å². The molecular formula is C13H20F3N3O. The Bertz CT molecular complexity index is 381. The van der Waals surface area contributed by atoms with E-state index in [4.69, 9.17) is 5.26 Å². The number of hydrogen-bond donors (Lipinski definition) is 1. The van der Waals surface area contributed by atoms with Gasteiger partial charge in [-0.05, 0) is 18.9 Å². The lowest BCUT2D eigenvalue weighted by Crippen LogP contribution is -2.54. The molecule has 1 rings (SSSR count). The number of alkyl halides is 3. The molecule has 4 nitrogen and oxygen atoms in total. The summed E-state index contributed by atoms with van der Waals surface area (Å²) in [5.41, 5.74) is -2.34. The fraction of sp³-hybridized carbons (Fsp3) is 0.846. The minimum absolute atomic E-state index is 0.0415. The predicted octanol–water partition coefficient (Wildman–Crippen LogP) is 1.93. The molecule has 1 fully saturated rings. The molecule has 0 aromatic carbocycles. The highest BCUT2D eigenvalue weighted by atomic mass is 19.4. The highest BCUT2D eigenvalue weighted by Gasteiger charge is 2.62. The molecule has 0 saturated carbocycles. The molecule has 114 valence electrons. The van der Waals surface area contributed by atoms with E-state index < -0.39 is 17.5 Å². The van der Waals surface area contributed by atoms with Crippen LogP contribution in [0, 0.1) is 22.7 Å². The van der Waals surface area contributed by atoms with E-state index in [1.54, 1.807) is 0 Å². The van der Waals surface area contributed by atoms with Crippen LogP contribution in [0.3, 0.4) is 0 Å². The van der Waals surface area contributed by atoms with Gasteiger partial charge in [0.1, 0.15) is 0 Å². The Morgan fingerprint density at radius 1 is 1.50 bits per heavy atom. The Labute approximate surface area is 116 Å². The summed E-state index contributed by atoms with van der Waals surface area (Å²) in [5, 5.41) is 11.2. The second-order valence-electron chi connectivity index (χ2n) is 5.56. The van der Waals surface area contributed by atoms with E-state index >= 15 is 0 Å². The lowest BCUT2D eigenvalue weighted by atomic mass is 9.84. The van der Waals surface area contributed by atoms with Gasteiger partial charge in [0.05, 0.1) is 12.5 Å². The summed E-state index contributed by atoms with van der Waals surface area (Å²) in [6.45, 7) is 3.75. The van der Waals surface area contributed by atoms with Crippen molar-refractivity contribution in [2.75, 3.05) is 26.2 Å². The van der Waals surface area contributed by atoms with Gasteiger partial charge in [-0.25, -0.2) is 0 Å². The molecule has 0 aliphatic carbocycles. The number of nitriles is 1. The van der Waals surface area contributed by atoms with Crippen molar-refractivity contribution < 1.29 is 18.0 Å². The maximum atomic E-state index is 13.3. The zero-order chi connectivity index (χ0) is 15.4. The summed E-state index contributed by atoms with van der Waals surface area (Å²) in [4.78, 5) is 13.6. The summed E-state index contributed by atoms with van der Waals surface area (Å²) in [7, 11) is 0. The Morgan fingerprint density at radius 2 is 2.15 bits per heavy atom. The van der Waals surface area contributed by atoms with Crippen LogP contribution in [0.4, 0.5) is 13.2 Å². The van der Waals surface area contributed by atoms with Gasteiger partial charge in [0.25, 0.3) is 0 Å². The highest BCUT2D eigenvalue weighted by Crippen LogP contribution is 2.44. The highest BCUT2D eigenvalue weighted by molar-refractivity contribution is 5.84. The molecule has 0 bridgehead atoms. The van der Waals surface area contributed by atoms with Crippen molar-refractivity contribution >= 4 is 5.91 Å². The van der Waals surface area contributed by atoms with Gasteiger partial charge >= 0.3 is 6.18 Å². The molecule has 0 spiro atoms. The molecule has 1 atom stereocenters. The number of hydrogen-bond acceptors (Lipinski definition) is 3. The molecule has 1 unspecified atom stereocenters. The van der Waals surface area contributed by atoms with Crippen molar-refractivity contribution in [3.05, 3.63) is 0 Å². The largest absolute Gasteiger partial charge is 0.404 e. The van der Waals surface area contributed by atoms with Crippen molar-refractivity contribution in [1.82, 2.24) is 10.2 Å². The summed E-state index contributed by atoms with van der Waals surface area (Å²) < 4.78 is 40.0. The van der Waals surface area contributed by atoms with E-state index in [1.807, 2.05) is 19.9 Å². The molecule has 1 amide bonds. The van der Waals surface area contributed by atoms with Gasteiger partial charge in [-0.1, -0.05) is 13.8 Å². The van der Waals surface area contributed by atoms with Crippen LogP contribution < -0.4 is 5.32 Å². The first-order chi connectivity index (χ1) is 9.24.